The zero-order valence-electron chi connectivity index (χ0n) is 11.3. The van der Waals surface area contributed by atoms with E-state index in [0.29, 0.717) is 20.8 Å². The Hall–Kier alpha value is -2.05. The standard InChI is InChI=1S/C15H12BrClN2O3/c16-13-4-2-1-3-12(13)15(21)19-18-14(20)9-22-11-7-5-10(17)6-8-11/h1-8H,9H2,(H,18,20)(H,19,21). The molecule has 2 N–H and O–H groups in total. The van der Waals surface area contributed by atoms with Crippen molar-refractivity contribution in [1.82, 2.24) is 10.9 Å². The van der Waals surface area contributed by atoms with Gasteiger partial charge < -0.3 is 4.74 Å². The number of hydrogen-bond donors (Lipinski definition) is 2. The highest BCUT2D eigenvalue weighted by molar-refractivity contribution is 9.10. The van der Waals surface area contributed by atoms with Gasteiger partial charge in [-0.15, -0.1) is 0 Å². The highest BCUT2D eigenvalue weighted by Gasteiger charge is 2.10. The van der Waals surface area contributed by atoms with Gasteiger partial charge in [-0.25, -0.2) is 0 Å². The molecule has 22 heavy (non-hydrogen) atoms. The van der Waals surface area contributed by atoms with E-state index in [-0.39, 0.29) is 6.61 Å². The quantitative estimate of drug-likeness (QED) is 0.798. The SMILES string of the molecule is O=C(COc1ccc(Cl)cc1)NNC(=O)c1ccccc1Br. The fraction of sp³-hybridized carbons (Fsp3) is 0.0667. The van der Waals surface area contributed by atoms with Crippen LogP contribution >= 0.6 is 27.5 Å². The fourth-order valence-corrected chi connectivity index (χ4v) is 2.15. The summed E-state index contributed by atoms with van der Waals surface area (Å²) in [7, 11) is 0. The zero-order chi connectivity index (χ0) is 15.9. The van der Waals surface area contributed by atoms with Crippen LogP contribution in [-0.4, -0.2) is 18.4 Å². The lowest BCUT2D eigenvalue weighted by atomic mass is 10.2. The molecule has 0 fully saturated rings. The maximum atomic E-state index is 11.9. The van der Waals surface area contributed by atoms with Crippen molar-refractivity contribution in [2.24, 2.45) is 0 Å². The van der Waals surface area contributed by atoms with Gasteiger partial charge in [0.25, 0.3) is 11.8 Å². The summed E-state index contributed by atoms with van der Waals surface area (Å²) >= 11 is 9.01. The molecule has 2 aromatic rings. The van der Waals surface area contributed by atoms with Gasteiger partial charge in [0, 0.05) is 9.50 Å². The molecule has 2 aromatic carbocycles. The van der Waals surface area contributed by atoms with Gasteiger partial charge in [-0.3, -0.25) is 20.4 Å². The van der Waals surface area contributed by atoms with Crippen molar-refractivity contribution in [3.8, 4) is 5.75 Å². The molecule has 5 nitrogen and oxygen atoms in total. The number of carbonyl (C=O) groups excluding carboxylic acids is 2. The Morgan fingerprint density at radius 2 is 1.73 bits per heavy atom. The predicted molar refractivity (Wildman–Crippen MR) is 86.7 cm³/mol. The molecule has 0 aliphatic heterocycles. The smallest absolute Gasteiger partial charge is 0.276 e. The highest BCUT2D eigenvalue weighted by atomic mass is 79.9. The molecule has 0 spiro atoms. The number of hydrogen-bond acceptors (Lipinski definition) is 3. The molecular weight excluding hydrogens is 372 g/mol. The van der Waals surface area contributed by atoms with Gasteiger partial charge in [-0.05, 0) is 52.3 Å². The molecule has 0 aromatic heterocycles. The van der Waals surface area contributed by atoms with Crippen molar-refractivity contribution in [3.05, 3.63) is 63.6 Å². The zero-order valence-corrected chi connectivity index (χ0v) is 13.6. The molecule has 2 rings (SSSR count). The van der Waals surface area contributed by atoms with Gasteiger partial charge in [0.1, 0.15) is 5.75 Å². The Kier molecular flexibility index (Phi) is 5.80. The van der Waals surface area contributed by atoms with Crippen LogP contribution < -0.4 is 15.6 Å². The maximum absolute atomic E-state index is 11.9. The second kappa shape index (κ2) is 7.82. The molecule has 0 aliphatic rings. The van der Waals surface area contributed by atoms with E-state index in [2.05, 4.69) is 26.8 Å². The molecule has 0 aliphatic carbocycles. The molecule has 114 valence electrons. The average molecular weight is 384 g/mol. The van der Waals surface area contributed by atoms with E-state index in [4.69, 9.17) is 16.3 Å². The Balaban J connectivity index is 1.79. The third-order valence-corrected chi connectivity index (χ3v) is 3.56. The summed E-state index contributed by atoms with van der Waals surface area (Å²) in [6.45, 7) is -0.224. The first-order valence-electron chi connectivity index (χ1n) is 6.28. The van der Waals surface area contributed by atoms with Gasteiger partial charge in [0.05, 0.1) is 5.56 Å². The normalized spacial score (nSPS) is 9.91. The summed E-state index contributed by atoms with van der Waals surface area (Å²) in [5, 5.41) is 0.581. The first-order chi connectivity index (χ1) is 10.6. The van der Waals surface area contributed by atoms with Crippen molar-refractivity contribution >= 4 is 39.3 Å². The molecule has 0 atom stereocenters. The third-order valence-electron chi connectivity index (χ3n) is 2.62. The third kappa shape index (κ3) is 4.75. The number of halogens is 2. The van der Waals surface area contributed by atoms with E-state index in [0.717, 1.165) is 0 Å². The Morgan fingerprint density at radius 1 is 1.05 bits per heavy atom. The van der Waals surface area contributed by atoms with Crippen LogP contribution in [0.25, 0.3) is 0 Å². The Bertz CT molecular complexity index is 677. The van der Waals surface area contributed by atoms with E-state index < -0.39 is 11.8 Å². The largest absolute Gasteiger partial charge is 0.484 e. The first-order valence-corrected chi connectivity index (χ1v) is 7.45. The second-order valence-electron chi connectivity index (χ2n) is 4.22. The van der Waals surface area contributed by atoms with E-state index in [1.54, 1.807) is 48.5 Å². The molecule has 0 unspecified atom stereocenters. The molecule has 0 radical (unpaired) electrons. The number of hydrazine groups is 1. The van der Waals surface area contributed by atoms with Crippen molar-refractivity contribution < 1.29 is 14.3 Å². The summed E-state index contributed by atoms with van der Waals surface area (Å²) in [6.07, 6.45) is 0. The molecule has 0 saturated heterocycles. The summed E-state index contributed by atoms with van der Waals surface area (Å²) in [5.74, 6) is -0.389. The van der Waals surface area contributed by atoms with Gasteiger partial charge in [-0.1, -0.05) is 23.7 Å². The minimum absolute atomic E-state index is 0.224. The van der Waals surface area contributed by atoms with E-state index in [1.807, 2.05) is 0 Å². The number of nitrogens with one attached hydrogen (secondary N) is 2. The van der Waals surface area contributed by atoms with Crippen LogP contribution in [0, 0.1) is 0 Å². The lowest BCUT2D eigenvalue weighted by molar-refractivity contribution is -0.123. The van der Waals surface area contributed by atoms with Gasteiger partial charge in [-0.2, -0.15) is 0 Å². The summed E-state index contributed by atoms with van der Waals surface area (Å²) in [6, 6.07) is 13.5. The van der Waals surface area contributed by atoms with E-state index >= 15 is 0 Å². The minimum atomic E-state index is -0.477. The number of carbonyl (C=O) groups is 2. The van der Waals surface area contributed by atoms with E-state index in [9.17, 15) is 9.59 Å². The average Bonchev–Trinajstić information content (AvgIpc) is 2.52. The monoisotopic (exact) mass is 382 g/mol. The molecule has 2 amide bonds. The Labute approximate surface area is 140 Å². The van der Waals surface area contributed by atoms with Crippen LogP contribution in [0.4, 0.5) is 0 Å². The maximum Gasteiger partial charge on any atom is 0.276 e. The van der Waals surface area contributed by atoms with Crippen LogP contribution in [0.5, 0.6) is 5.75 Å². The van der Waals surface area contributed by atoms with Crippen molar-refractivity contribution in [2.75, 3.05) is 6.61 Å². The van der Waals surface area contributed by atoms with Crippen LogP contribution in [0.3, 0.4) is 0 Å². The van der Waals surface area contributed by atoms with Gasteiger partial charge >= 0.3 is 0 Å². The van der Waals surface area contributed by atoms with Gasteiger partial charge in [0.15, 0.2) is 6.61 Å². The second-order valence-corrected chi connectivity index (χ2v) is 5.52. The minimum Gasteiger partial charge on any atom is -0.484 e. The van der Waals surface area contributed by atoms with Crippen molar-refractivity contribution in [1.29, 1.82) is 0 Å². The first kappa shape index (κ1) is 16.3. The molecular formula is C15H12BrClN2O3. The fourth-order valence-electron chi connectivity index (χ4n) is 1.55. The Morgan fingerprint density at radius 3 is 2.41 bits per heavy atom. The topological polar surface area (TPSA) is 67.4 Å². The van der Waals surface area contributed by atoms with Crippen molar-refractivity contribution in [2.45, 2.75) is 0 Å². The van der Waals surface area contributed by atoms with Crippen LogP contribution in [-0.2, 0) is 4.79 Å². The molecule has 0 bridgehead atoms. The predicted octanol–water partition coefficient (Wildman–Crippen LogP) is 2.94. The summed E-state index contributed by atoms with van der Waals surface area (Å²) < 4.78 is 5.89. The van der Waals surface area contributed by atoms with Crippen LogP contribution in [0.15, 0.2) is 53.0 Å². The lowest BCUT2D eigenvalue weighted by Gasteiger charge is -2.09. The number of benzene rings is 2. The van der Waals surface area contributed by atoms with Gasteiger partial charge in [0.2, 0.25) is 0 Å². The van der Waals surface area contributed by atoms with Crippen LogP contribution in [0.2, 0.25) is 5.02 Å². The molecule has 7 heteroatoms. The van der Waals surface area contributed by atoms with E-state index in [1.165, 1.54) is 0 Å². The summed E-state index contributed by atoms with van der Waals surface area (Å²) in [5.41, 5.74) is 5.01. The number of rotatable bonds is 4. The highest BCUT2D eigenvalue weighted by Crippen LogP contribution is 2.16. The van der Waals surface area contributed by atoms with Crippen molar-refractivity contribution in [3.63, 3.8) is 0 Å². The lowest BCUT2D eigenvalue weighted by Crippen LogP contribution is -2.43. The molecule has 0 saturated carbocycles. The van der Waals surface area contributed by atoms with Crippen LogP contribution in [0.1, 0.15) is 10.4 Å². The number of amides is 2. The summed E-state index contributed by atoms with van der Waals surface area (Å²) in [4.78, 5) is 23.5. The molecule has 0 heterocycles. The number of ether oxygens (including phenoxy) is 1.